The van der Waals surface area contributed by atoms with Crippen molar-refractivity contribution in [2.45, 2.75) is 360 Å². The zero-order valence-electron chi connectivity index (χ0n) is 57.5. The third-order valence-corrected chi connectivity index (χ3v) is 17.4. The van der Waals surface area contributed by atoms with E-state index in [2.05, 4.69) is 86.8 Å². The second-order valence-corrected chi connectivity index (χ2v) is 27.5. The molecule has 0 spiro atoms. The highest BCUT2D eigenvalue weighted by atomic mass is 31.2. The first kappa shape index (κ1) is 83.5. The Morgan fingerprint density at radius 3 is 1.12 bits per heavy atom. The second-order valence-electron chi connectivity index (χ2n) is 26.1. The van der Waals surface area contributed by atoms with Gasteiger partial charge < -0.3 is 28.5 Å². The van der Waals surface area contributed by atoms with E-state index in [1.165, 1.54) is 225 Å². The molecule has 1 amide bonds. The van der Waals surface area contributed by atoms with Crippen LogP contribution in [0.5, 0.6) is 0 Å². The first-order valence-electron chi connectivity index (χ1n) is 36.7. The van der Waals surface area contributed by atoms with Crippen LogP contribution in [-0.2, 0) is 27.9 Å². The molecule has 0 saturated heterocycles. The third kappa shape index (κ3) is 65.9. The quantitative estimate of drug-likeness (QED) is 0.0212. The van der Waals surface area contributed by atoms with Gasteiger partial charge in [-0.2, -0.15) is 0 Å². The molecule has 86 heavy (non-hydrogen) atoms. The lowest BCUT2D eigenvalue weighted by Crippen LogP contribution is -2.47. The van der Waals surface area contributed by atoms with Gasteiger partial charge in [0.2, 0.25) is 5.91 Å². The van der Waals surface area contributed by atoms with Crippen LogP contribution in [0.2, 0.25) is 0 Å². The number of esters is 1. The van der Waals surface area contributed by atoms with E-state index in [9.17, 15) is 19.0 Å². The molecule has 0 rings (SSSR count). The highest BCUT2D eigenvalue weighted by Crippen LogP contribution is 2.38. The lowest BCUT2D eigenvalue weighted by Gasteiger charge is -2.30. The molecule has 0 aromatic rings. The molecule has 0 radical (unpaired) electrons. The molecule has 0 aromatic heterocycles. The fourth-order valence-electron chi connectivity index (χ4n) is 10.8. The highest BCUT2D eigenvalue weighted by Gasteiger charge is 2.27. The molecule has 0 fully saturated rings. The molecule has 0 aromatic carbocycles. The van der Waals surface area contributed by atoms with E-state index in [0.717, 1.165) is 89.9 Å². The van der Waals surface area contributed by atoms with Gasteiger partial charge in [-0.15, -0.1) is 0 Å². The van der Waals surface area contributed by atoms with Crippen molar-refractivity contribution in [2.24, 2.45) is 0 Å². The molecule has 0 aliphatic heterocycles. The van der Waals surface area contributed by atoms with E-state index in [1.54, 1.807) is 0 Å². The largest absolute Gasteiger partial charge is 0.756 e. The van der Waals surface area contributed by atoms with Gasteiger partial charge in [0.25, 0.3) is 7.82 Å². The van der Waals surface area contributed by atoms with E-state index in [-0.39, 0.29) is 31.5 Å². The van der Waals surface area contributed by atoms with Crippen LogP contribution in [-0.4, -0.2) is 69.4 Å². The number of ether oxygens (including phenoxy) is 1. The molecular weight excluding hydrogens is 1080 g/mol. The van der Waals surface area contributed by atoms with Gasteiger partial charge in [-0.1, -0.05) is 332 Å². The van der Waals surface area contributed by atoms with Crippen LogP contribution >= 0.6 is 7.82 Å². The van der Waals surface area contributed by atoms with Crippen molar-refractivity contribution < 1.29 is 37.3 Å². The number of quaternary nitrogens is 1. The molecule has 0 aliphatic carbocycles. The molecule has 9 nitrogen and oxygen atoms in total. The van der Waals surface area contributed by atoms with Crippen LogP contribution in [0, 0.1) is 0 Å². The number of carbonyl (C=O) groups excluding carboxylic acids is 2. The Hall–Kier alpha value is -2.55. The van der Waals surface area contributed by atoms with Crippen molar-refractivity contribution >= 4 is 19.7 Å². The number of carbonyl (C=O) groups is 2. The molecule has 0 bridgehead atoms. The Balaban J connectivity index is 5.01. The second kappa shape index (κ2) is 65.4. The summed E-state index contributed by atoms with van der Waals surface area (Å²) in [5.41, 5.74) is 0. The Labute approximate surface area is 533 Å². The standard InChI is InChI=1S/C76H141N2O7P/c1-7-10-13-16-19-22-25-28-30-32-34-36-37-38-39-40-41-43-45-47-49-51-54-57-60-63-66-69-76(80)85-74(67-64-61-58-55-52-27-24-21-18-15-12-9-3)73(72-84-86(81,82)83-71-70-78(4,5)6)77-75(79)68-65-62-59-56-53-50-48-46-44-42-35-33-31-29-26-23-20-17-14-11-8-2/h10,13,19,22,28,30,34,36,38-39,64,67,73-74H,7-9,11-12,14-18,20-21,23-27,29,31-33,35,37,40-63,65-66,68-72H2,1-6H3,(H-,77,79,81,82)/b13-10-,22-19-,30-28-,36-34-,39-38-,67-64+. The predicted octanol–water partition coefficient (Wildman–Crippen LogP) is 22.9. The van der Waals surface area contributed by atoms with E-state index in [0.29, 0.717) is 17.4 Å². The smallest absolute Gasteiger partial charge is 0.306 e. The number of phosphoric ester groups is 1. The number of hydrogen-bond donors (Lipinski definition) is 1. The van der Waals surface area contributed by atoms with E-state index >= 15 is 0 Å². The van der Waals surface area contributed by atoms with Crippen molar-refractivity contribution in [3.63, 3.8) is 0 Å². The number of allylic oxidation sites excluding steroid dienone is 11. The van der Waals surface area contributed by atoms with Crippen molar-refractivity contribution in [3.8, 4) is 0 Å². The molecule has 0 saturated carbocycles. The Morgan fingerprint density at radius 1 is 0.419 bits per heavy atom. The summed E-state index contributed by atoms with van der Waals surface area (Å²) in [5.74, 6) is -0.530. The molecule has 3 unspecified atom stereocenters. The summed E-state index contributed by atoms with van der Waals surface area (Å²) in [6.45, 7) is 6.78. The number of amides is 1. The van der Waals surface area contributed by atoms with Crippen LogP contribution < -0.4 is 10.2 Å². The van der Waals surface area contributed by atoms with Crippen LogP contribution in [0.4, 0.5) is 0 Å². The lowest BCUT2D eigenvalue weighted by atomic mass is 10.0. The summed E-state index contributed by atoms with van der Waals surface area (Å²) in [4.78, 5) is 40.2. The van der Waals surface area contributed by atoms with Gasteiger partial charge in [0.1, 0.15) is 19.3 Å². The van der Waals surface area contributed by atoms with Crippen LogP contribution in [0.15, 0.2) is 72.9 Å². The monoisotopic (exact) mass is 1230 g/mol. The van der Waals surface area contributed by atoms with Crippen LogP contribution in [0.1, 0.15) is 348 Å². The number of nitrogens with one attached hydrogen (secondary N) is 1. The minimum atomic E-state index is -4.71. The van der Waals surface area contributed by atoms with Crippen LogP contribution in [0.3, 0.4) is 0 Å². The summed E-state index contributed by atoms with van der Waals surface area (Å²) in [6.07, 6.45) is 86.0. The van der Waals surface area contributed by atoms with Gasteiger partial charge in [0, 0.05) is 12.8 Å². The molecule has 1 N–H and O–H groups in total. The zero-order valence-corrected chi connectivity index (χ0v) is 58.4. The maximum Gasteiger partial charge on any atom is 0.306 e. The third-order valence-electron chi connectivity index (χ3n) is 16.4. The summed E-state index contributed by atoms with van der Waals surface area (Å²) < 4.78 is 30.5. The molecule has 10 heteroatoms. The minimum absolute atomic E-state index is 0.0224. The first-order valence-corrected chi connectivity index (χ1v) is 38.2. The molecule has 502 valence electrons. The van der Waals surface area contributed by atoms with Crippen molar-refractivity contribution in [2.75, 3.05) is 40.9 Å². The van der Waals surface area contributed by atoms with Crippen molar-refractivity contribution in [1.82, 2.24) is 5.32 Å². The van der Waals surface area contributed by atoms with E-state index < -0.39 is 20.0 Å². The van der Waals surface area contributed by atoms with Gasteiger partial charge in [-0.05, 0) is 76.7 Å². The number of rotatable bonds is 67. The maximum atomic E-state index is 13.6. The first-order chi connectivity index (χ1) is 41.9. The Kier molecular flexibility index (Phi) is 63.5. The summed E-state index contributed by atoms with van der Waals surface area (Å²) in [6, 6.07) is -0.890. The van der Waals surface area contributed by atoms with Gasteiger partial charge in [0.15, 0.2) is 0 Å². The van der Waals surface area contributed by atoms with Crippen molar-refractivity contribution in [3.05, 3.63) is 72.9 Å². The van der Waals surface area contributed by atoms with Gasteiger partial charge in [-0.3, -0.25) is 14.2 Å². The van der Waals surface area contributed by atoms with Gasteiger partial charge in [0.05, 0.1) is 33.8 Å². The molecule has 3 atom stereocenters. The Bertz CT molecular complexity index is 1700. The molecular formula is C76H141N2O7P. The number of hydrogen-bond acceptors (Lipinski definition) is 7. The predicted molar refractivity (Wildman–Crippen MR) is 372 cm³/mol. The van der Waals surface area contributed by atoms with Gasteiger partial charge in [-0.25, -0.2) is 0 Å². The maximum absolute atomic E-state index is 13.6. The SMILES string of the molecule is CC/C=C\C/C=C\C/C=C\C/C=C\C/C=C\CCCCCCCCCCCCCC(=O)OC(/C=C/CCCCCCCCCCCC)C(COP(=O)([O-])OCC[N+](C)(C)C)NC(=O)CCCCCCCCCCCCCCCCCCCCCCC. The highest BCUT2D eigenvalue weighted by molar-refractivity contribution is 7.45. The summed E-state index contributed by atoms with van der Waals surface area (Å²) >= 11 is 0. The number of nitrogens with zero attached hydrogens (tertiary/aromatic N) is 1. The summed E-state index contributed by atoms with van der Waals surface area (Å²) in [5, 5.41) is 3.05. The average Bonchev–Trinajstić information content (AvgIpc) is 3.65. The fourth-order valence-corrected chi connectivity index (χ4v) is 11.5. The van der Waals surface area contributed by atoms with E-state index in [1.807, 2.05) is 33.3 Å². The summed E-state index contributed by atoms with van der Waals surface area (Å²) in [7, 11) is 1.19. The van der Waals surface area contributed by atoms with Crippen LogP contribution in [0.25, 0.3) is 0 Å². The topological polar surface area (TPSA) is 114 Å². The normalized spacial score (nSPS) is 13.9. The fraction of sp³-hybridized carbons (Fsp3) is 0.816. The van der Waals surface area contributed by atoms with E-state index in [4.69, 9.17) is 13.8 Å². The number of phosphoric acid groups is 1. The van der Waals surface area contributed by atoms with Gasteiger partial charge >= 0.3 is 5.97 Å². The Morgan fingerprint density at radius 2 is 0.744 bits per heavy atom. The lowest BCUT2D eigenvalue weighted by molar-refractivity contribution is -0.870. The molecule has 0 heterocycles. The number of unbranched alkanes of at least 4 members (excludes halogenated alkanes) is 41. The zero-order chi connectivity index (χ0) is 62.8. The molecule has 0 aliphatic rings. The average molecular weight is 1230 g/mol. The van der Waals surface area contributed by atoms with Crippen molar-refractivity contribution in [1.29, 1.82) is 0 Å². The number of likely N-dealkylation sites (N-methyl/N-ethyl adjacent to an activating group) is 1. The minimum Gasteiger partial charge on any atom is -0.756 e.